The summed E-state index contributed by atoms with van der Waals surface area (Å²) in [7, 11) is 0. The van der Waals surface area contributed by atoms with Crippen LogP contribution in [0.5, 0.6) is 5.75 Å². The molecule has 1 aliphatic rings. The largest absolute Gasteiger partial charge is 0.482 e. The number of amides is 1. The Morgan fingerprint density at radius 3 is 3.12 bits per heavy atom. The maximum atomic E-state index is 11.2. The number of anilines is 1. The molecule has 5 heteroatoms. The van der Waals surface area contributed by atoms with Crippen LogP contribution in [0.25, 0.3) is 0 Å². The van der Waals surface area contributed by atoms with Crippen LogP contribution in [0.1, 0.15) is 24.5 Å². The molecule has 0 aromatic heterocycles. The Balaban J connectivity index is 2.14. The van der Waals surface area contributed by atoms with E-state index in [0.717, 1.165) is 12.0 Å². The molecule has 1 atom stereocenters. The van der Waals surface area contributed by atoms with Crippen molar-refractivity contribution in [1.82, 2.24) is 0 Å². The number of hydrogen-bond acceptors (Lipinski definition) is 4. The lowest BCUT2D eigenvalue weighted by Gasteiger charge is -2.19. The Kier molecular flexibility index (Phi) is 3.61. The quantitative estimate of drug-likeness (QED) is 0.721. The standard InChI is InChI=1S/C12H16N2O3/c13-5-1-2-10(15)8-3-4-11-9(6-8)14-12(16)7-17-11/h3-4,6,10,15H,1-2,5,7,13H2,(H,14,16). The number of ether oxygens (including phenoxy) is 1. The van der Waals surface area contributed by atoms with Crippen LogP contribution in [0.2, 0.25) is 0 Å². The predicted octanol–water partition coefficient (Wildman–Crippen LogP) is 0.790. The van der Waals surface area contributed by atoms with Gasteiger partial charge in [0.1, 0.15) is 5.75 Å². The van der Waals surface area contributed by atoms with E-state index in [-0.39, 0.29) is 12.5 Å². The number of aliphatic hydroxyl groups excluding tert-OH is 1. The summed E-state index contributed by atoms with van der Waals surface area (Å²) in [4.78, 5) is 11.2. The Bertz CT molecular complexity index is 420. The average Bonchev–Trinajstić information content (AvgIpc) is 2.35. The highest BCUT2D eigenvalue weighted by atomic mass is 16.5. The van der Waals surface area contributed by atoms with Gasteiger partial charge in [-0.15, -0.1) is 0 Å². The van der Waals surface area contributed by atoms with E-state index in [1.54, 1.807) is 18.2 Å². The normalized spacial score (nSPS) is 15.8. The van der Waals surface area contributed by atoms with Crippen molar-refractivity contribution < 1.29 is 14.6 Å². The number of benzene rings is 1. The van der Waals surface area contributed by atoms with Gasteiger partial charge in [0, 0.05) is 0 Å². The molecule has 1 aromatic rings. The fourth-order valence-electron chi connectivity index (χ4n) is 1.79. The number of nitrogens with two attached hydrogens (primary N) is 1. The van der Waals surface area contributed by atoms with Crippen LogP contribution in [0, 0.1) is 0 Å². The predicted molar refractivity (Wildman–Crippen MR) is 63.8 cm³/mol. The Labute approximate surface area is 99.6 Å². The van der Waals surface area contributed by atoms with Gasteiger partial charge in [0.05, 0.1) is 11.8 Å². The summed E-state index contributed by atoms with van der Waals surface area (Å²) in [5, 5.41) is 12.6. The molecule has 0 aliphatic carbocycles. The Hall–Kier alpha value is -1.59. The summed E-state index contributed by atoms with van der Waals surface area (Å²) >= 11 is 0. The number of carbonyl (C=O) groups is 1. The van der Waals surface area contributed by atoms with E-state index >= 15 is 0 Å². The molecule has 0 saturated carbocycles. The summed E-state index contributed by atoms with van der Waals surface area (Å²) in [6, 6.07) is 5.31. The fraction of sp³-hybridized carbons (Fsp3) is 0.417. The third-order valence-electron chi connectivity index (χ3n) is 2.70. The minimum atomic E-state index is -0.553. The van der Waals surface area contributed by atoms with E-state index in [9.17, 15) is 9.90 Å². The van der Waals surface area contributed by atoms with Crippen LogP contribution < -0.4 is 15.8 Å². The minimum absolute atomic E-state index is 0.0437. The summed E-state index contributed by atoms with van der Waals surface area (Å²) in [6.45, 7) is 0.601. The average molecular weight is 236 g/mol. The summed E-state index contributed by atoms with van der Waals surface area (Å²) < 4.78 is 5.24. The maximum Gasteiger partial charge on any atom is 0.262 e. The van der Waals surface area contributed by atoms with Crippen LogP contribution in [-0.2, 0) is 4.79 Å². The fourth-order valence-corrected chi connectivity index (χ4v) is 1.79. The zero-order valence-corrected chi connectivity index (χ0v) is 9.48. The van der Waals surface area contributed by atoms with E-state index in [0.29, 0.717) is 24.4 Å². The van der Waals surface area contributed by atoms with Crippen molar-refractivity contribution in [3.8, 4) is 5.75 Å². The second kappa shape index (κ2) is 5.16. The van der Waals surface area contributed by atoms with Crippen LogP contribution in [0.4, 0.5) is 5.69 Å². The van der Waals surface area contributed by atoms with Gasteiger partial charge in [-0.25, -0.2) is 0 Å². The van der Waals surface area contributed by atoms with Crippen molar-refractivity contribution in [3.63, 3.8) is 0 Å². The molecular formula is C12H16N2O3. The van der Waals surface area contributed by atoms with Crippen molar-refractivity contribution >= 4 is 11.6 Å². The van der Waals surface area contributed by atoms with Crippen LogP contribution in [0.15, 0.2) is 18.2 Å². The smallest absolute Gasteiger partial charge is 0.262 e. The number of carbonyl (C=O) groups excluding carboxylic acids is 1. The molecule has 1 amide bonds. The highest BCUT2D eigenvalue weighted by Gasteiger charge is 2.17. The molecule has 1 unspecified atom stereocenters. The topological polar surface area (TPSA) is 84.6 Å². The number of nitrogens with one attached hydrogen (secondary N) is 1. The summed E-state index contributed by atoms with van der Waals surface area (Å²) in [6.07, 6.45) is 0.827. The van der Waals surface area contributed by atoms with Crippen LogP contribution in [0.3, 0.4) is 0 Å². The molecule has 0 saturated heterocycles. The molecule has 17 heavy (non-hydrogen) atoms. The second-order valence-corrected chi connectivity index (χ2v) is 4.04. The summed E-state index contributed by atoms with van der Waals surface area (Å²) in [5.41, 5.74) is 6.78. The van der Waals surface area contributed by atoms with E-state index in [4.69, 9.17) is 10.5 Å². The van der Waals surface area contributed by atoms with Gasteiger partial charge < -0.3 is 20.9 Å². The highest BCUT2D eigenvalue weighted by molar-refractivity contribution is 5.95. The van der Waals surface area contributed by atoms with Gasteiger partial charge in [-0.05, 0) is 37.1 Å². The molecule has 2 rings (SSSR count). The molecule has 0 spiro atoms. The van der Waals surface area contributed by atoms with Gasteiger partial charge >= 0.3 is 0 Å². The monoisotopic (exact) mass is 236 g/mol. The first-order chi connectivity index (χ1) is 8.20. The lowest BCUT2D eigenvalue weighted by molar-refractivity contribution is -0.118. The van der Waals surface area contributed by atoms with E-state index in [1.807, 2.05) is 0 Å². The van der Waals surface area contributed by atoms with Crippen molar-refractivity contribution in [1.29, 1.82) is 0 Å². The first-order valence-electron chi connectivity index (χ1n) is 5.65. The Morgan fingerprint density at radius 1 is 1.53 bits per heavy atom. The number of hydrogen-bond donors (Lipinski definition) is 3. The molecule has 0 radical (unpaired) electrons. The SMILES string of the molecule is NCCCC(O)c1ccc2c(c1)NC(=O)CO2. The van der Waals surface area contributed by atoms with Gasteiger partial charge in [-0.1, -0.05) is 6.07 Å². The molecule has 0 bridgehead atoms. The molecule has 1 aromatic carbocycles. The zero-order valence-electron chi connectivity index (χ0n) is 9.48. The van der Waals surface area contributed by atoms with Gasteiger partial charge in [-0.3, -0.25) is 4.79 Å². The third-order valence-corrected chi connectivity index (χ3v) is 2.70. The molecule has 0 fully saturated rings. The maximum absolute atomic E-state index is 11.2. The molecule has 1 aliphatic heterocycles. The zero-order chi connectivity index (χ0) is 12.3. The minimum Gasteiger partial charge on any atom is -0.482 e. The van der Waals surface area contributed by atoms with Crippen LogP contribution >= 0.6 is 0 Å². The van der Waals surface area contributed by atoms with Crippen LogP contribution in [-0.4, -0.2) is 24.2 Å². The number of aliphatic hydroxyl groups is 1. The van der Waals surface area contributed by atoms with E-state index < -0.39 is 6.10 Å². The third kappa shape index (κ3) is 2.75. The van der Waals surface area contributed by atoms with Gasteiger partial charge in [0.2, 0.25) is 0 Å². The van der Waals surface area contributed by atoms with Crippen molar-refractivity contribution in [2.45, 2.75) is 18.9 Å². The van der Waals surface area contributed by atoms with Gasteiger partial charge in [0.15, 0.2) is 6.61 Å². The molecule has 5 nitrogen and oxygen atoms in total. The first kappa shape index (κ1) is 11.9. The van der Waals surface area contributed by atoms with Gasteiger partial charge in [0.25, 0.3) is 5.91 Å². The lowest BCUT2D eigenvalue weighted by atomic mass is 10.0. The van der Waals surface area contributed by atoms with Crippen molar-refractivity contribution in [3.05, 3.63) is 23.8 Å². The number of fused-ring (bicyclic) bond motifs is 1. The first-order valence-corrected chi connectivity index (χ1v) is 5.65. The summed E-state index contributed by atoms with van der Waals surface area (Å²) in [5.74, 6) is 0.463. The molecular weight excluding hydrogens is 220 g/mol. The number of rotatable bonds is 4. The van der Waals surface area contributed by atoms with E-state index in [1.165, 1.54) is 0 Å². The second-order valence-electron chi connectivity index (χ2n) is 4.04. The Morgan fingerprint density at radius 2 is 2.35 bits per heavy atom. The van der Waals surface area contributed by atoms with Crippen molar-refractivity contribution in [2.24, 2.45) is 5.73 Å². The lowest BCUT2D eigenvalue weighted by Crippen LogP contribution is -2.25. The molecule has 1 heterocycles. The van der Waals surface area contributed by atoms with E-state index in [2.05, 4.69) is 5.32 Å². The highest BCUT2D eigenvalue weighted by Crippen LogP contribution is 2.31. The van der Waals surface area contributed by atoms with Gasteiger partial charge in [-0.2, -0.15) is 0 Å². The molecule has 92 valence electrons. The van der Waals surface area contributed by atoms with Crippen molar-refractivity contribution in [2.75, 3.05) is 18.5 Å². The molecule has 4 N–H and O–H groups in total.